The predicted molar refractivity (Wildman–Crippen MR) is 119 cm³/mol. The van der Waals surface area contributed by atoms with Crippen LogP contribution in [0.2, 0.25) is 0 Å². The van der Waals surface area contributed by atoms with Crippen LogP contribution < -0.4 is 27.1 Å². The monoisotopic (exact) mass is 473 g/mol. The van der Waals surface area contributed by atoms with E-state index in [1.54, 1.807) is 13.8 Å². The quantitative estimate of drug-likeness (QED) is 0.347. The van der Waals surface area contributed by atoms with Gasteiger partial charge in [-0.25, -0.2) is 8.78 Å². The van der Waals surface area contributed by atoms with Crippen molar-refractivity contribution in [2.24, 2.45) is 5.92 Å². The predicted octanol–water partition coefficient (Wildman–Crippen LogP) is 1.00. The second-order valence-electron chi connectivity index (χ2n) is 7.69. The molecule has 0 bridgehead atoms. The summed E-state index contributed by atoms with van der Waals surface area (Å²) in [7, 11) is 0. The number of fused-ring (bicyclic) bond motifs is 1. The third kappa shape index (κ3) is 5.17. The molecule has 2 aromatic carbocycles. The molecule has 3 aromatic rings. The third-order valence-corrected chi connectivity index (χ3v) is 4.95. The van der Waals surface area contributed by atoms with Crippen LogP contribution in [0.25, 0.3) is 10.8 Å². The molecular formula is C22H21F2N5O5. The zero-order valence-corrected chi connectivity index (χ0v) is 18.1. The normalized spacial score (nSPS) is 11.8. The molecule has 3 rings (SSSR count). The van der Waals surface area contributed by atoms with Crippen molar-refractivity contribution < 1.29 is 23.2 Å². The number of carbonyl (C=O) groups excluding carboxylic acids is 3. The fourth-order valence-corrected chi connectivity index (χ4v) is 3.27. The summed E-state index contributed by atoms with van der Waals surface area (Å²) in [6, 6.07) is 6.03. The maximum Gasteiger partial charge on any atom is 0.272 e. The Morgan fingerprint density at radius 3 is 2.21 bits per heavy atom. The number of carbonyl (C=O) groups is 3. The average molecular weight is 473 g/mol. The van der Waals surface area contributed by atoms with Crippen molar-refractivity contribution in [2.45, 2.75) is 19.9 Å². The fourth-order valence-electron chi connectivity index (χ4n) is 3.27. The Kier molecular flexibility index (Phi) is 7.19. The number of aromatic nitrogens is 2. The zero-order chi connectivity index (χ0) is 25.0. The standard InChI is InChI=1S/C22H21F2N5O5/c1-10(2)18(27-20(32)17-12(23)6-4-7-13(17)24)22(34)25-9-15(30)26-14-8-3-5-11-16(14)21(33)29-28-19(11)31/h3-8,10,18H,9H2,1-2H3,(H,25,34)(H,26,30)(H,27,32)(H,28,31)(H,29,33). The molecule has 0 saturated heterocycles. The van der Waals surface area contributed by atoms with Crippen molar-refractivity contribution in [3.63, 3.8) is 0 Å². The van der Waals surface area contributed by atoms with Crippen molar-refractivity contribution in [3.8, 4) is 0 Å². The Morgan fingerprint density at radius 2 is 1.56 bits per heavy atom. The van der Waals surface area contributed by atoms with Crippen LogP contribution in [-0.2, 0) is 9.59 Å². The number of nitrogens with one attached hydrogen (secondary N) is 5. The number of amides is 3. The van der Waals surface area contributed by atoms with Crippen molar-refractivity contribution in [1.82, 2.24) is 20.8 Å². The molecule has 0 saturated carbocycles. The van der Waals surface area contributed by atoms with Crippen molar-refractivity contribution >= 4 is 34.2 Å². The van der Waals surface area contributed by atoms with Crippen LogP contribution in [0, 0.1) is 17.6 Å². The highest BCUT2D eigenvalue weighted by Gasteiger charge is 2.27. The molecule has 0 fully saturated rings. The maximum absolute atomic E-state index is 13.9. The fraction of sp³-hybridized carbons (Fsp3) is 0.227. The molecule has 1 aromatic heterocycles. The van der Waals surface area contributed by atoms with Gasteiger partial charge in [-0.15, -0.1) is 0 Å². The Bertz CT molecular complexity index is 1360. The van der Waals surface area contributed by atoms with Crippen LogP contribution >= 0.6 is 0 Å². The first-order valence-electron chi connectivity index (χ1n) is 10.2. The molecule has 1 atom stereocenters. The summed E-state index contributed by atoms with van der Waals surface area (Å²) >= 11 is 0. The molecule has 5 N–H and O–H groups in total. The molecule has 1 heterocycles. The smallest absolute Gasteiger partial charge is 0.272 e. The summed E-state index contributed by atoms with van der Waals surface area (Å²) in [6.45, 7) is 2.66. The van der Waals surface area contributed by atoms with Crippen LogP contribution in [0.4, 0.5) is 14.5 Å². The van der Waals surface area contributed by atoms with E-state index in [2.05, 4.69) is 26.1 Å². The van der Waals surface area contributed by atoms with Crippen LogP contribution in [0.5, 0.6) is 0 Å². The molecule has 1 unspecified atom stereocenters. The van der Waals surface area contributed by atoms with E-state index in [1.165, 1.54) is 18.2 Å². The lowest BCUT2D eigenvalue weighted by atomic mass is 10.0. The highest BCUT2D eigenvalue weighted by atomic mass is 19.1. The van der Waals surface area contributed by atoms with Crippen LogP contribution in [-0.4, -0.2) is 40.5 Å². The van der Waals surface area contributed by atoms with E-state index in [9.17, 15) is 32.8 Å². The first-order chi connectivity index (χ1) is 16.1. The molecule has 0 spiro atoms. The van der Waals surface area contributed by atoms with Crippen molar-refractivity contribution in [2.75, 3.05) is 11.9 Å². The van der Waals surface area contributed by atoms with Crippen LogP contribution in [0.1, 0.15) is 24.2 Å². The number of benzene rings is 2. The molecule has 10 nitrogen and oxygen atoms in total. The second-order valence-corrected chi connectivity index (χ2v) is 7.69. The number of anilines is 1. The number of hydrogen-bond acceptors (Lipinski definition) is 5. The van der Waals surface area contributed by atoms with Crippen LogP contribution in [0.15, 0.2) is 46.0 Å². The number of halogens is 2. The third-order valence-electron chi connectivity index (χ3n) is 4.95. The topological polar surface area (TPSA) is 153 Å². The molecule has 34 heavy (non-hydrogen) atoms. The van der Waals surface area contributed by atoms with Gasteiger partial charge in [0.05, 0.1) is 23.0 Å². The van der Waals surface area contributed by atoms with E-state index in [-0.39, 0.29) is 16.5 Å². The van der Waals surface area contributed by atoms with Gasteiger partial charge in [0, 0.05) is 0 Å². The molecule has 178 valence electrons. The van der Waals surface area contributed by atoms with Gasteiger partial charge in [0.15, 0.2) is 0 Å². The summed E-state index contributed by atoms with van der Waals surface area (Å²) in [5.74, 6) is -5.23. The minimum absolute atomic E-state index is 0.0369. The second kappa shape index (κ2) is 10.1. The lowest BCUT2D eigenvalue weighted by molar-refractivity contribution is -0.126. The van der Waals surface area contributed by atoms with Crippen molar-refractivity contribution in [1.29, 1.82) is 0 Å². The van der Waals surface area contributed by atoms with Gasteiger partial charge in [0.2, 0.25) is 11.8 Å². The first kappa shape index (κ1) is 24.3. The van der Waals surface area contributed by atoms with E-state index >= 15 is 0 Å². The highest BCUT2D eigenvalue weighted by molar-refractivity contribution is 6.03. The largest absolute Gasteiger partial charge is 0.345 e. The van der Waals surface area contributed by atoms with E-state index < -0.39 is 64.5 Å². The van der Waals surface area contributed by atoms with Gasteiger partial charge in [-0.3, -0.25) is 34.2 Å². The summed E-state index contributed by atoms with van der Waals surface area (Å²) in [4.78, 5) is 61.3. The van der Waals surface area contributed by atoms with Gasteiger partial charge in [0.1, 0.15) is 23.2 Å². The van der Waals surface area contributed by atoms with Crippen LogP contribution in [0.3, 0.4) is 0 Å². The molecule has 0 aliphatic carbocycles. The molecular weight excluding hydrogens is 452 g/mol. The Balaban J connectivity index is 1.69. The van der Waals surface area contributed by atoms with E-state index in [0.29, 0.717) is 0 Å². The highest BCUT2D eigenvalue weighted by Crippen LogP contribution is 2.16. The molecule has 0 radical (unpaired) electrons. The minimum Gasteiger partial charge on any atom is -0.345 e. The average Bonchev–Trinajstić information content (AvgIpc) is 2.78. The summed E-state index contributed by atoms with van der Waals surface area (Å²) < 4.78 is 27.8. The van der Waals surface area contributed by atoms with E-state index in [1.807, 2.05) is 0 Å². The Morgan fingerprint density at radius 1 is 0.941 bits per heavy atom. The summed E-state index contributed by atoms with van der Waals surface area (Å²) in [5.41, 5.74) is -1.94. The molecule has 3 amide bonds. The Hall–Kier alpha value is -4.35. The molecule has 12 heteroatoms. The number of aromatic amines is 2. The first-order valence-corrected chi connectivity index (χ1v) is 10.2. The lowest BCUT2D eigenvalue weighted by Crippen LogP contribution is -2.51. The SMILES string of the molecule is CC(C)C(NC(=O)c1c(F)cccc1F)C(=O)NCC(=O)Nc1cccc2c(=O)[nH][nH]c(=O)c12. The maximum atomic E-state index is 13.9. The number of H-pyrrole nitrogens is 2. The van der Waals surface area contributed by atoms with Gasteiger partial charge in [-0.2, -0.15) is 0 Å². The Labute approximate surface area is 190 Å². The van der Waals surface area contributed by atoms with Gasteiger partial charge < -0.3 is 16.0 Å². The van der Waals surface area contributed by atoms with E-state index in [0.717, 1.165) is 18.2 Å². The van der Waals surface area contributed by atoms with Crippen molar-refractivity contribution in [3.05, 3.63) is 74.3 Å². The molecule has 0 aliphatic heterocycles. The van der Waals surface area contributed by atoms with Gasteiger partial charge in [-0.1, -0.05) is 26.0 Å². The number of hydrogen-bond donors (Lipinski definition) is 5. The summed E-state index contributed by atoms with van der Waals surface area (Å²) in [6.07, 6.45) is 0. The van der Waals surface area contributed by atoms with Gasteiger partial charge in [0.25, 0.3) is 17.0 Å². The number of rotatable bonds is 7. The summed E-state index contributed by atoms with van der Waals surface area (Å²) in [5, 5.41) is 11.4. The zero-order valence-electron chi connectivity index (χ0n) is 18.1. The van der Waals surface area contributed by atoms with Gasteiger partial charge in [-0.05, 0) is 30.2 Å². The molecule has 0 aliphatic rings. The van der Waals surface area contributed by atoms with Gasteiger partial charge >= 0.3 is 0 Å². The van der Waals surface area contributed by atoms with E-state index in [4.69, 9.17) is 0 Å². The minimum atomic E-state index is -1.20. The lowest BCUT2D eigenvalue weighted by Gasteiger charge is -2.22.